The van der Waals surface area contributed by atoms with Crippen molar-refractivity contribution in [2.45, 2.75) is 19.1 Å². The molecule has 0 saturated carbocycles. The van der Waals surface area contributed by atoms with E-state index in [0.717, 1.165) is 0 Å². The highest BCUT2D eigenvalue weighted by Crippen LogP contribution is 2.38. The van der Waals surface area contributed by atoms with Gasteiger partial charge in [0.2, 0.25) is 0 Å². The molecule has 6 nitrogen and oxygen atoms in total. The summed E-state index contributed by atoms with van der Waals surface area (Å²) in [6, 6.07) is 2.55. The normalized spacial score (nSPS) is 22.9. The van der Waals surface area contributed by atoms with Crippen LogP contribution >= 0.6 is 23.2 Å². The minimum absolute atomic E-state index is 0.0942. The molecule has 0 amide bonds. The van der Waals surface area contributed by atoms with E-state index in [1.165, 1.54) is 12.1 Å². The summed E-state index contributed by atoms with van der Waals surface area (Å²) in [7, 11) is 0. The predicted octanol–water partition coefficient (Wildman–Crippen LogP) is 2.49. The second-order valence-electron chi connectivity index (χ2n) is 4.67. The van der Waals surface area contributed by atoms with Gasteiger partial charge in [-0.3, -0.25) is 10.1 Å². The van der Waals surface area contributed by atoms with Gasteiger partial charge in [-0.1, -0.05) is 23.2 Å². The number of nitro groups is 1. The smallest absolute Gasteiger partial charge is 0.272 e. The average molecular weight is 321 g/mol. The quantitative estimate of drug-likeness (QED) is 0.684. The summed E-state index contributed by atoms with van der Waals surface area (Å²) < 4.78 is 5.54. The Morgan fingerprint density at radius 1 is 1.45 bits per heavy atom. The molecule has 1 heterocycles. The zero-order valence-corrected chi connectivity index (χ0v) is 12.3. The van der Waals surface area contributed by atoms with E-state index in [4.69, 9.17) is 27.9 Å². The molecule has 2 rings (SSSR count). The average Bonchev–Trinajstić information content (AvgIpc) is 2.37. The molecule has 0 radical (unpaired) electrons. The second-order valence-corrected chi connectivity index (χ2v) is 5.49. The molecule has 1 aromatic rings. The van der Waals surface area contributed by atoms with Crippen LogP contribution in [0.2, 0.25) is 10.0 Å². The SMILES string of the molecule is CC1CN(c2c(Cl)cc([N+](=O)[O-])cc2Cl)CC(CO)O1. The lowest BCUT2D eigenvalue weighted by Gasteiger charge is -2.38. The van der Waals surface area contributed by atoms with Gasteiger partial charge in [-0.15, -0.1) is 0 Å². The molecule has 0 aliphatic carbocycles. The Hall–Kier alpha value is -1.08. The number of halogens is 2. The van der Waals surface area contributed by atoms with Crippen LogP contribution in [0.1, 0.15) is 6.92 Å². The Kier molecular flexibility index (Phi) is 4.70. The van der Waals surface area contributed by atoms with Crippen molar-refractivity contribution < 1.29 is 14.8 Å². The maximum Gasteiger partial charge on any atom is 0.272 e. The molecule has 110 valence electrons. The fourth-order valence-corrected chi connectivity index (χ4v) is 3.00. The lowest BCUT2D eigenvalue weighted by Crippen LogP contribution is -2.48. The van der Waals surface area contributed by atoms with Crippen LogP contribution in [0.4, 0.5) is 11.4 Å². The van der Waals surface area contributed by atoms with Crippen molar-refractivity contribution >= 4 is 34.6 Å². The number of benzene rings is 1. The molecule has 2 atom stereocenters. The lowest BCUT2D eigenvalue weighted by molar-refractivity contribution is -0.384. The van der Waals surface area contributed by atoms with Crippen LogP contribution in [-0.2, 0) is 4.74 Å². The number of morpholine rings is 1. The summed E-state index contributed by atoms with van der Waals surface area (Å²) in [6.45, 7) is 2.75. The number of non-ortho nitro benzene ring substituents is 1. The molecule has 1 fully saturated rings. The summed E-state index contributed by atoms with van der Waals surface area (Å²) in [5, 5.41) is 20.4. The van der Waals surface area contributed by atoms with Crippen molar-refractivity contribution in [1.29, 1.82) is 0 Å². The van der Waals surface area contributed by atoms with Gasteiger partial charge in [0.1, 0.15) is 0 Å². The maximum atomic E-state index is 10.8. The molecule has 1 saturated heterocycles. The third-order valence-electron chi connectivity index (χ3n) is 3.06. The standard InChI is InChI=1S/C12H14Cl2N2O4/c1-7-4-15(5-9(6-17)20-7)12-10(13)2-8(16(18)19)3-11(12)14/h2-3,7,9,17H,4-6H2,1H3. The number of anilines is 1. The first-order chi connectivity index (χ1) is 9.42. The Balaban J connectivity index is 2.34. The van der Waals surface area contributed by atoms with Crippen LogP contribution in [0.15, 0.2) is 12.1 Å². The summed E-state index contributed by atoms with van der Waals surface area (Å²) in [4.78, 5) is 12.1. The number of aliphatic hydroxyl groups excluding tert-OH is 1. The molecule has 20 heavy (non-hydrogen) atoms. The van der Waals surface area contributed by atoms with Crippen LogP contribution in [0.5, 0.6) is 0 Å². The van der Waals surface area contributed by atoms with Crippen molar-refractivity contribution in [2.75, 3.05) is 24.6 Å². The molecule has 8 heteroatoms. The molecule has 1 aromatic carbocycles. The van der Waals surface area contributed by atoms with Crippen LogP contribution in [-0.4, -0.2) is 41.9 Å². The van der Waals surface area contributed by atoms with Gasteiger partial charge in [-0.05, 0) is 6.92 Å². The zero-order valence-electron chi connectivity index (χ0n) is 10.8. The highest BCUT2D eigenvalue weighted by atomic mass is 35.5. The van der Waals surface area contributed by atoms with E-state index in [2.05, 4.69) is 0 Å². The first kappa shape index (κ1) is 15.3. The topological polar surface area (TPSA) is 75.8 Å². The number of hydrogen-bond acceptors (Lipinski definition) is 5. The zero-order chi connectivity index (χ0) is 14.9. The van der Waals surface area contributed by atoms with Crippen LogP contribution in [0, 0.1) is 10.1 Å². The summed E-state index contributed by atoms with van der Waals surface area (Å²) in [6.07, 6.45) is -0.427. The van der Waals surface area contributed by atoms with Crippen molar-refractivity contribution in [3.63, 3.8) is 0 Å². The molecule has 1 aliphatic rings. The molecule has 2 unspecified atom stereocenters. The van der Waals surface area contributed by atoms with E-state index >= 15 is 0 Å². The molecule has 0 aromatic heterocycles. The Morgan fingerprint density at radius 2 is 2.05 bits per heavy atom. The Morgan fingerprint density at radius 3 is 2.55 bits per heavy atom. The summed E-state index contributed by atoms with van der Waals surface area (Å²) in [5.74, 6) is 0. The fourth-order valence-electron chi connectivity index (χ4n) is 2.29. The molecular formula is C12H14Cl2N2O4. The number of ether oxygens (including phenoxy) is 1. The third-order valence-corrected chi connectivity index (χ3v) is 3.63. The lowest BCUT2D eigenvalue weighted by atomic mass is 10.2. The number of nitro benzene ring substituents is 1. The van der Waals surface area contributed by atoms with Gasteiger partial charge < -0.3 is 14.7 Å². The van der Waals surface area contributed by atoms with Crippen molar-refractivity contribution in [3.8, 4) is 0 Å². The number of aliphatic hydroxyl groups is 1. The van der Waals surface area contributed by atoms with E-state index in [1.807, 2.05) is 11.8 Å². The largest absolute Gasteiger partial charge is 0.394 e. The monoisotopic (exact) mass is 320 g/mol. The minimum atomic E-state index is -0.542. The third kappa shape index (κ3) is 3.15. The van der Waals surface area contributed by atoms with Crippen molar-refractivity contribution in [3.05, 3.63) is 32.3 Å². The molecule has 0 bridgehead atoms. The maximum absolute atomic E-state index is 10.8. The van der Waals surface area contributed by atoms with E-state index in [0.29, 0.717) is 18.8 Å². The van der Waals surface area contributed by atoms with Gasteiger partial charge in [0.05, 0.1) is 39.5 Å². The Bertz CT molecular complexity index is 503. The number of rotatable bonds is 3. The van der Waals surface area contributed by atoms with Gasteiger partial charge in [0, 0.05) is 25.2 Å². The number of nitrogens with zero attached hydrogens (tertiary/aromatic N) is 2. The van der Waals surface area contributed by atoms with Gasteiger partial charge in [-0.2, -0.15) is 0 Å². The summed E-state index contributed by atoms with van der Waals surface area (Å²) in [5.41, 5.74) is 0.385. The molecule has 1 N–H and O–H groups in total. The van der Waals surface area contributed by atoms with E-state index in [-0.39, 0.29) is 34.5 Å². The highest BCUT2D eigenvalue weighted by molar-refractivity contribution is 6.39. The van der Waals surface area contributed by atoms with Crippen LogP contribution < -0.4 is 4.90 Å². The summed E-state index contributed by atoms with van der Waals surface area (Å²) >= 11 is 12.2. The molecular weight excluding hydrogens is 307 g/mol. The predicted molar refractivity (Wildman–Crippen MR) is 76.8 cm³/mol. The highest BCUT2D eigenvalue weighted by Gasteiger charge is 2.28. The van der Waals surface area contributed by atoms with Gasteiger partial charge in [0.25, 0.3) is 5.69 Å². The van der Waals surface area contributed by atoms with Gasteiger partial charge in [0.15, 0.2) is 0 Å². The van der Waals surface area contributed by atoms with Crippen LogP contribution in [0.25, 0.3) is 0 Å². The minimum Gasteiger partial charge on any atom is -0.394 e. The van der Waals surface area contributed by atoms with Crippen LogP contribution in [0.3, 0.4) is 0 Å². The first-order valence-corrected chi connectivity index (χ1v) is 6.82. The van der Waals surface area contributed by atoms with Crippen molar-refractivity contribution in [1.82, 2.24) is 0 Å². The van der Waals surface area contributed by atoms with Gasteiger partial charge >= 0.3 is 0 Å². The van der Waals surface area contributed by atoms with E-state index in [9.17, 15) is 15.2 Å². The second kappa shape index (κ2) is 6.13. The molecule has 1 aliphatic heterocycles. The first-order valence-electron chi connectivity index (χ1n) is 6.07. The van der Waals surface area contributed by atoms with E-state index < -0.39 is 4.92 Å². The van der Waals surface area contributed by atoms with Gasteiger partial charge in [-0.25, -0.2) is 0 Å². The van der Waals surface area contributed by atoms with Crippen molar-refractivity contribution in [2.24, 2.45) is 0 Å². The Labute approximate surface area is 126 Å². The fraction of sp³-hybridized carbons (Fsp3) is 0.500. The molecule has 0 spiro atoms. The number of hydrogen-bond donors (Lipinski definition) is 1. The van der Waals surface area contributed by atoms with E-state index in [1.54, 1.807) is 0 Å².